The van der Waals surface area contributed by atoms with Gasteiger partial charge in [0.05, 0.1) is 18.3 Å². The van der Waals surface area contributed by atoms with E-state index in [9.17, 15) is 4.79 Å². The number of hydrogen-bond donors (Lipinski definition) is 1. The third-order valence-corrected chi connectivity index (χ3v) is 3.36. The van der Waals surface area contributed by atoms with Gasteiger partial charge < -0.3 is 5.11 Å². The lowest BCUT2D eigenvalue weighted by molar-refractivity contribution is -0.136. The summed E-state index contributed by atoms with van der Waals surface area (Å²) in [4.78, 5) is 15.8. The molecule has 0 unspecified atom stereocenters. The summed E-state index contributed by atoms with van der Waals surface area (Å²) in [5.74, 6) is -0.829. The Morgan fingerprint density at radius 2 is 2.38 bits per heavy atom. The van der Waals surface area contributed by atoms with Crippen molar-refractivity contribution in [2.45, 2.75) is 13.3 Å². The minimum Gasteiger partial charge on any atom is -0.481 e. The number of rotatable bonds is 3. The van der Waals surface area contributed by atoms with Crippen LogP contribution in [0.1, 0.15) is 10.6 Å². The minimum absolute atomic E-state index is 0.0315. The summed E-state index contributed by atoms with van der Waals surface area (Å²) < 4.78 is 1.70. The lowest BCUT2D eigenvalue weighted by Crippen LogP contribution is -1.99. The molecule has 2 rings (SSSR count). The number of hydrogen-bond acceptors (Lipinski definition) is 4. The van der Waals surface area contributed by atoms with Crippen LogP contribution in [0, 0.1) is 6.92 Å². The summed E-state index contributed by atoms with van der Waals surface area (Å²) in [5, 5.41) is 13.6. The van der Waals surface area contributed by atoms with Crippen LogP contribution in [-0.4, -0.2) is 25.8 Å². The number of aromatic nitrogens is 3. The van der Waals surface area contributed by atoms with E-state index < -0.39 is 5.97 Å². The zero-order valence-corrected chi connectivity index (χ0v) is 9.78. The molecule has 0 amide bonds. The molecule has 0 aliphatic rings. The van der Waals surface area contributed by atoms with Gasteiger partial charge >= 0.3 is 5.97 Å². The van der Waals surface area contributed by atoms with Gasteiger partial charge in [-0.3, -0.25) is 9.48 Å². The highest BCUT2D eigenvalue weighted by molar-refractivity contribution is 7.15. The van der Waals surface area contributed by atoms with Gasteiger partial charge in [-0.05, 0) is 6.92 Å². The summed E-state index contributed by atoms with van der Waals surface area (Å²) >= 11 is 1.41. The first-order valence-corrected chi connectivity index (χ1v) is 5.55. The number of aryl methyl sites for hydroxylation is 2. The molecule has 2 aromatic heterocycles. The average molecular weight is 237 g/mol. The van der Waals surface area contributed by atoms with Gasteiger partial charge in [-0.2, -0.15) is 5.10 Å². The van der Waals surface area contributed by atoms with E-state index in [1.54, 1.807) is 10.9 Å². The van der Waals surface area contributed by atoms with Crippen LogP contribution in [0.2, 0.25) is 0 Å². The van der Waals surface area contributed by atoms with Crippen LogP contribution in [0.15, 0.2) is 12.4 Å². The van der Waals surface area contributed by atoms with Gasteiger partial charge in [0.1, 0.15) is 5.01 Å². The fourth-order valence-corrected chi connectivity index (χ4v) is 2.41. The van der Waals surface area contributed by atoms with Gasteiger partial charge in [0.2, 0.25) is 0 Å². The molecule has 2 heterocycles. The summed E-state index contributed by atoms with van der Waals surface area (Å²) in [6.45, 7) is 1.83. The third kappa shape index (κ3) is 2.11. The Morgan fingerprint density at radius 3 is 2.94 bits per heavy atom. The normalized spacial score (nSPS) is 10.6. The van der Waals surface area contributed by atoms with Gasteiger partial charge in [-0.25, -0.2) is 4.98 Å². The van der Waals surface area contributed by atoms with E-state index in [2.05, 4.69) is 10.1 Å². The van der Waals surface area contributed by atoms with E-state index in [1.165, 1.54) is 11.3 Å². The summed E-state index contributed by atoms with van der Waals surface area (Å²) in [5.41, 5.74) is 1.71. The van der Waals surface area contributed by atoms with Crippen molar-refractivity contribution in [2.24, 2.45) is 7.05 Å². The van der Waals surface area contributed by atoms with Gasteiger partial charge in [0.15, 0.2) is 0 Å². The average Bonchev–Trinajstić information content (AvgIpc) is 2.74. The molecule has 0 saturated heterocycles. The molecule has 0 aliphatic carbocycles. The molecule has 0 spiro atoms. The molecule has 0 atom stereocenters. The molecule has 1 N–H and O–H groups in total. The largest absolute Gasteiger partial charge is 0.481 e. The molecule has 2 aromatic rings. The van der Waals surface area contributed by atoms with Gasteiger partial charge in [0, 0.05) is 23.7 Å². The second-order valence-electron chi connectivity index (χ2n) is 3.50. The first kappa shape index (κ1) is 10.8. The Bertz CT molecular complexity index is 530. The van der Waals surface area contributed by atoms with Crippen LogP contribution < -0.4 is 0 Å². The van der Waals surface area contributed by atoms with Crippen molar-refractivity contribution in [1.82, 2.24) is 14.8 Å². The maximum absolute atomic E-state index is 10.6. The van der Waals surface area contributed by atoms with E-state index >= 15 is 0 Å². The summed E-state index contributed by atoms with van der Waals surface area (Å²) in [6, 6.07) is 0. The predicted octanol–water partition coefficient (Wildman–Crippen LogP) is 1.48. The minimum atomic E-state index is -0.829. The topological polar surface area (TPSA) is 68.0 Å². The fourth-order valence-electron chi connectivity index (χ4n) is 1.38. The van der Waals surface area contributed by atoms with E-state index in [-0.39, 0.29) is 6.42 Å². The molecular weight excluding hydrogens is 226 g/mol. The van der Waals surface area contributed by atoms with Crippen LogP contribution in [0.3, 0.4) is 0 Å². The Labute approximate surface area is 96.4 Å². The highest BCUT2D eigenvalue weighted by Gasteiger charge is 2.12. The van der Waals surface area contributed by atoms with Crippen LogP contribution >= 0.6 is 11.3 Å². The first-order chi connectivity index (χ1) is 7.56. The lowest BCUT2D eigenvalue weighted by Gasteiger charge is -1.89. The van der Waals surface area contributed by atoms with E-state index in [1.807, 2.05) is 20.2 Å². The number of carboxylic acid groups (broad SMARTS) is 1. The van der Waals surface area contributed by atoms with Crippen LogP contribution in [0.5, 0.6) is 0 Å². The van der Waals surface area contributed by atoms with E-state index in [0.29, 0.717) is 0 Å². The SMILES string of the molecule is Cc1nc(-c2cnn(C)c2)sc1CC(=O)O. The zero-order valence-electron chi connectivity index (χ0n) is 8.97. The maximum Gasteiger partial charge on any atom is 0.308 e. The summed E-state index contributed by atoms with van der Waals surface area (Å²) in [6.07, 6.45) is 3.62. The Kier molecular flexibility index (Phi) is 2.74. The van der Waals surface area contributed by atoms with E-state index in [4.69, 9.17) is 5.11 Å². The second kappa shape index (κ2) is 4.05. The van der Waals surface area contributed by atoms with E-state index in [0.717, 1.165) is 21.1 Å². The molecule has 0 saturated carbocycles. The number of carboxylic acids is 1. The van der Waals surface area contributed by atoms with Crippen LogP contribution in [-0.2, 0) is 18.3 Å². The Morgan fingerprint density at radius 1 is 1.62 bits per heavy atom. The van der Waals surface area contributed by atoms with Crippen molar-refractivity contribution in [3.63, 3.8) is 0 Å². The maximum atomic E-state index is 10.6. The molecule has 84 valence electrons. The Hall–Kier alpha value is -1.69. The molecule has 0 radical (unpaired) electrons. The fraction of sp³-hybridized carbons (Fsp3) is 0.300. The van der Waals surface area contributed by atoms with Crippen molar-refractivity contribution in [2.75, 3.05) is 0 Å². The van der Waals surface area contributed by atoms with Gasteiger partial charge in [-0.1, -0.05) is 0 Å². The monoisotopic (exact) mass is 237 g/mol. The smallest absolute Gasteiger partial charge is 0.308 e. The zero-order chi connectivity index (χ0) is 11.7. The van der Waals surface area contributed by atoms with Crippen LogP contribution in [0.25, 0.3) is 10.6 Å². The molecule has 0 bridgehead atoms. The van der Waals surface area contributed by atoms with Crippen molar-refractivity contribution in [3.8, 4) is 10.6 Å². The third-order valence-electron chi connectivity index (χ3n) is 2.16. The molecule has 0 fully saturated rings. The predicted molar refractivity (Wildman–Crippen MR) is 60.4 cm³/mol. The number of thiazole rings is 1. The van der Waals surface area contributed by atoms with Crippen molar-refractivity contribution >= 4 is 17.3 Å². The number of carbonyl (C=O) groups is 1. The van der Waals surface area contributed by atoms with Crippen LogP contribution in [0.4, 0.5) is 0 Å². The highest BCUT2D eigenvalue weighted by Crippen LogP contribution is 2.27. The molecule has 16 heavy (non-hydrogen) atoms. The first-order valence-electron chi connectivity index (χ1n) is 4.73. The number of aliphatic carboxylic acids is 1. The van der Waals surface area contributed by atoms with Crippen molar-refractivity contribution < 1.29 is 9.90 Å². The molecule has 0 aromatic carbocycles. The number of nitrogens with zero attached hydrogens (tertiary/aromatic N) is 3. The van der Waals surface area contributed by atoms with Gasteiger partial charge in [-0.15, -0.1) is 11.3 Å². The molecular formula is C10H11N3O2S. The standard InChI is InChI=1S/C10H11N3O2S/c1-6-8(3-9(14)15)16-10(12-6)7-4-11-13(2)5-7/h4-5H,3H2,1-2H3,(H,14,15). The Balaban J connectivity index is 2.33. The van der Waals surface area contributed by atoms with Crippen molar-refractivity contribution in [3.05, 3.63) is 23.0 Å². The van der Waals surface area contributed by atoms with Crippen molar-refractivity contribution in [1.29, 1.82) is 0 Å². The quantitative estimate of drug-likeness (QED) is 0.878. The second-order valence-corrected chi connectivity index (χ2v) is 4.58. The lowest BCUT2D eigenvalue weighted by atomic mass is 10.3. The summed E-state index contributed by atoms with van der Waals surface area (Å²) in [7, 11) is 1.84. The van der Waals surface area contributed by atoms with Gasteiger partial charge in [0.25, 0.3) is 0 Å². The molecule has 5 nitrogen and oxygen atoms in total. The molecule has 0 aliphatic heterocycles. The highest BCUT2D eigenvalue weighted by atomic mass is 32.1. The molecule has 6 heteroatoms.